The van der Waals surface area contributed by atoms with Crippen molar-refractivity contribution < 1.29 is 80.2 Å². The van der Waals surface area contributed by atoms with Gasteiger partial charge in [-0.1, -0.05) is 308 Å². The highest BCUT2D eigenvalue weighted by Gasteiger charge is 2.30. The van der Waals surface area contributed by atoms with E-state index in [0.29, 0.717) is 32.1 Å². The molecule has 0 rings (SSSR count). The predicted molar refractivity (Wildman–Crippen MR) is 454 cm³/mol. The highest BCUT2D eigenvalue weighted by molar-refractivity contribution is 7.47. The minimum absolute atomic E-state index is 0.0291. The van der Waals surface area contributed by atoms with Gasteiger partial charge < -0.3 is 33.8 Å². The number of ether oxygens (including phenoxy) is 4. The van der Waals surface area contributed by atoms with Gasteiger partial charge in [-0.15, -0.1) is 0 Å². The predicted octanol–water partition coefficient (Wildman–Crippen LogP) is 25.6. The standard InChI is InChI=1S/C91H152O17P2/c1-5-9-13-17-21-25-29-33-37-40-42-45-48-51-55-59-63-67-71-75-88(93)101-81-86(107-90(95)77-73-69-65-61-57-53-47-36-32-28-24-20-16-12-8-4)83-105-109(97,98)103-79-85(92)80-104-110(99,100)106-84-87(108-91(96)78-74-70-66-62-58-54-50-44-39-35-31-27-23-19-15-11-7-3)82-102-89(94)76-72-68-64-60-56-52-49-46-43-41-38-34-30-26-22-18-14-10-6-2/h10-11,14-15,21-23,25-27,33-39,42-43,45-47,52,56,64,68,85-87,92H,5-9,12-13,16-20,24,28-32,40-41,44,48-51,53-55,57-63,65-67,69-84H2,1-4H3,(H,97,98)(H,99,100)/b14-10-,15-11-,25-21-,26-22-,27-23-,37-33-,38-34-,39-35-,45-42-,46-43-,47-36-,56-52-,68-64-. The van der Waals surface area contributed by atoms with Crippen molar-refractivity contribution in [3.63, 3.8) is 0 Å². The second-order valence-corrected chi connectivity index (χ2v) is 30.9. The first-order valence-corrected chi connectivity index (χ1v) is 45.7. The first kappa shape index (κ1) is 105. The Kier molecular flexibility index (Phi) is 77.7. The number of unbranched alkanes of at least 4 members (excludes halogenated alkanes) is 27. The molecule has 5 unspecified atom stereocenters. The number of hydrogen-bond donors (Lipinski definition) is 3. The summed E-state index contributed by atoms with van der Waals surface area (Å²) in [6.45, 7) is 4.53. The lowest BCUT2D eigenvalue weighted by Gasteiger charge is -2.21. The van der Waals surface area contributed by atoms with Crippen LogP contribution in [0.25, 0.3) is 0 Å². The smallest absolute Gasteiger partial charge is 0.462 e. The maximum Gasteiger partial charge on any atom is 0.472 e. The normalized spacial score (nSPS) is 14.6. The second kappa shape index (κ2) is 81.7. The number of aliphatic hydroxyl groups excluding tert-OH is 1. The lowest BCUT2D eigenvalue weighted by atomic mass is 10.1. The highest BCUT2D eigenvalue weighted by Crippen LogP contribution is 2.45. The molecule has 0 aromatic rings. The summed E-state index contributed by atoms with van der Waals surface area (Å²) in [5.41, 5.74) is 0. The van der Waals surface area contributed by atoms with Crippen LogP contribution in [0.2, 0.25) is 0 Å². The molecule has 0 fully saturated rings. The molecule has 0 radical (unpaired) electrons. The van der Waals surface area contributed by atoms with Gasteiger partial charge in [0.25, 0.3) is 0 Å². The summed E-state index contributed by atoms with van der Waals surface area (Å²) < 4.78 is 68.7. The zero-order chi connectivity index (χ0) is 80.3. The Morgan fingerprint density at radius 3 is 0.809 bits per heavy atom. The number of rotatable bonds is 79. The largest absolute Gasteiger partial charge is 0.472 e. The summed E-state index contributed by atoms with van der Waals surface area (Å²) in [5.74, 6) is -2.31. The minimum atomic E-state index is -5.01. The number of aliphatic hydroxyl groups is 1. The average Bonchev–Trinajstić information content (AvgIpc) is 0.906. The van der Waals surface area contributed by atoms with Crippen molar-refractivity contribution in [1.82, 2.24) is 0 Å². The molecular weight excluding hydrogens is 1430 g/mol. The van der Waals surface area contributed by atoms with Gasteiger partial charge in [0.2, 0.25) is 0 Å². The molecule has 0 saturated heterocycles. The van der Waals surface area contributed by atoms with Crippen molar-refractivity contribution in [2.24, 2.45) is 0 Å². The number of carbonyl (C=O) groups is 4. The van der Waals surface area contributed by atoms with Gasteiger partial charge in [-0.25, -0.2) is 9.13 Å². The zero-order valence-corrected chi connectivity index (χ0v) is 70.7. The first-order chi connectivity index (χ1) is 53.7. The average molecular weight is 1580 g/mol. The van der Waals surface area contributed by atoms with Crippen LogP contribution in [-0.2, 0) is 65.4 Å². The molecule has 17 nitrogen and oxygen atoms in total. The number of phosphoric ester groups is 2. The van der Waals surface area contributed by atoms with Crippen LogP contribution in [0.1, 0.15) is 336 Å². The number of phosphoric acid groups is 2. The Balaban J connectivity index is 5.46. The van der Waals surface area contributed by atoms with Gasteiger partial charge in [-0.3, -0.25) is 37.3 Å². The maximum absolute atomic E-state index is 13.1. The van der Waals surface area contributed by atoms with Gasteiger partial charge in [0, 0.05) is 25.7 Å². The van der Waals surface area contributed by atoms with Gasteiger partial charge in [-0.2, -0.15) is 0 Å². The van der Waals surface area contributed by atoms with E-state index in [9.17, 15) is 43.2 Å². The Bertz CT molecular complexity index is 2700. The Labute approximate surface area is 668 Å². The zero-order valence-electron chi connectivity index (χ0n) is 68.9. The van der Waals surface area contributed by atoms with Crippen molar-refractivity contribution in [1.29, 1.82) is 0 Å². The maximum atomic E-state index is 13.1. The third-order valence-corrected chi connectivity index (χ3v) is 19.4. The monoisotopic (exact) mass is 1580 g/mol. The molecule has 0 saturated carbocycles. The Hall–Kier alpha value is -5.32. The lowest BCUT2D eigenvalue weighted by Crippen LogP contribution is -2.30. The molecule has 628 valence electrons. The quantitative estimate of drug-likeness (QED) is 0.0169. The molecule has 0 aromatic heterocycles. The second-order valence-electron chi connectivity index (χ2n) is 28.0. The topological polar surface area (TPSA) is 237 Å². The van der Waals surface area contributed by atoms with Crippen LogP contribution >= 0.6 is 15.6 Å². The summed E-state index contributed by atoms with van der Waals surface area (Å²) in [6.07, 6.45) is 96.4. The van der Waals surface area contributed by atoms with Crippen LogP contribution in [0.3, 0.4) is 0 Å². The summed E-state index contributed by atoms with van der Waals surface area (Å²) in [7, 11) is -10.0. The van der Waals surface area contributed by atoms with E-state index in [1.54, 1.807) is 0 Å². The molecule has 0 aliphatic heterocycles. The minimum Gasteiger partial charge on any atom is -0.462 e. The Morgan fingerprint density at radius 2 is 0.491 bits per heavy atom. The van der Waals surface area contributed by atoms with Crippen molar-refractivity contribution in [2.75, 3.05) is 39.6 Å². The van der Waals surface area contributed by atoms with E-state index in [-0.39, 0.29) is 25.7 Å². The molecule has 0 aromatic carbocycles. The summed E-state index contributed by atoms with van der Waals surface area (Å²) in [5, 5.41) is 10.7. The van der Waals surface area contributed by atoms with Crippen molar-refractivity contribution in [3.05, 3.63) is 158 Å². The summed E-state index contributed by atoms with van der Waals surface area (Å²) in [6, 6.07) is 0. The van der Waals surface area contributed by atoms with E-state index in [2.05, 4.69) is 167 Å². The molecule has 0 spiro atoms. The van der Waals surface area contributed by atoms with E-state index < -0.39 is 97.5 Å². The summed E-state index contributed by atoms with van der Waals surface area (Å²) in [4.78, 5) is 73.2. The van der Waals surface area contributed by atoms with Crippen LogP contribution in [0.4, 0.5) is 0 Å². The first-order valence-electron chi connectivity index (χ1n) is 42.7. The molecule has 0 heterocycles. The van der Waals surface area contributed by atoms with Crippen LogP contribution in [0.5, 0.6) is 0 Å². The van der Waals surface area contributed by atoms with Crippen LogP contribution in [0, 0.1) is 0 Å². The number of esters is 4. The van der Waals surface area contributed by atoms with Gasteiger partial charge in [-0.05, 0) is 161 Å². The van der Waals surface area contributed by atoms with Gasteiger partial charge in [0.15, 0.2) is 12.2 Å². The molecule has 5 atom stereocenters. The van der Waals surface area contributed by atoms with Crippen molar-refractivity contribution in [3.8, 4) is 0 Å². The molecule has 110 heavy (non-hydrogen) atoms. The summed E-state index contributed by atoms with van der Waals surface area (Å²) >= 11 is 0. The highest BCUT2D eigenvalue weighted by atomic mass is 31.2. The van der Waals surface area contributed by atoms with E-state index in [1.807, 2.05) is 18.2 Å². The van der Waals surface area contributed by atoms with E-state index in [4.69, 9.17) is 37.0 Å². The van der Waals surface area contributed by atoms with Gasteiger partial charge in [0.05, 0.1) is 26.4 Å². The molecule has 3 N–H and O–H groups in total. The number of allylic oxidation sites excluding steroid dienone is 26. The lowest BCUT2D eigenvalue weighted by molar-refractivity contribution is -0.161. The van der Waals surface area contributed by atoms with Crippen LogP contribution in [-0.4, -0.2) is 96.7 Å². The van der Waals surface area contributed by atoms with E-state index >= 15 is 0 Å². The van der Waals surface area contributed by atoms with Gasteiger partial charge in [0.1, 0.15) is 19.3 Å². The number of hydrogen-bond acceptors (Lipinski definition) is 15. The molecule has 0 aliphatic rings. The fourth-order valence-corrected chi connectivity index (χ4v) is 12.6. The fourth-order valence-electron chi connectivity index (χ4n) is 11.0. The third kappa shape index (κ3) is 80.7. The molecule has 19 heteroatoms. The van der Waals surface area contributed by atoms with Crippen LogP contribution < -0.4 is 0 Å². The molecule has 0 bridgehead atoms. The molecule has 0 amide bonds. The SMILES string of the molecule is CC/C=C\C/C=C\C/C=C\C/C=C\C/C=C\C/C=C\CCC(=O)OCC(COP(=O)(O)OCC(O)COP(=O)(O)OCC(COC(=O)CCCCCCCC/C=C\C/C=C\C/C=C\CCCCC)OC(=O)CCCCCCC/C=C\CCCCCCCC)OC(=O)CCCCCCCCC/C=C\C/C=C\C/C=C\CC. The van der Waals surface area contributed by atoms with Gasteiger partial charge >= 0.3 is 39.5 Å². The van der Waals surface area contributed by atoms with Crippen molar-refractivity contribution >= 4 is 39.5 Å². The van der Waals surface area contributed by atoms with Crippen molar-refractivity contribution in [2.45, 2.75) is 354 Å². The number of carbonyl (C=O) groups excluding carboxylic acids is 4. The molecule has 0 aliphatic carbocycles. The van der Waals surface area contributed by atoms with E-state index in [1.165, 1.54) is 57.8 Å². The fraction of sp³-hybridized carbons (Fsp3) is 0.670. The third-order valence-electron chi connectivity index (χ3n) is 17.5. The van der Waals surface area contributed by atoms with E-state index in [0.717, 1.165) is 193 Å². The van der Waals surface area contributed by atoms with Crippen LogP contribution in [0.15, 0.2) is 158 Å². The Morgan fingerprint density at radius 1 is 0.264 bits per heavy atom. The molecular formula is C91H152O17P2.